The zero-order valence-corrected chi connectivity index (χ0v) is 12.6. The smallest absolute Gasteiger partial charge is 0.00416 e. The van der Waals surface area contributed by atoms with Crippen molar-refractivity contribution in [2.75, 3.05) is 0 Å². The van der Waals surface area contributed by atoms with E-state index in [1.165, 1.54) is 51.4 Å². The highest BCUT2D eigenvalue weighted by Crippen LogP contribution is 2.57. The van der Waals surface area contributed by atoms with E-state index in [-0.39, 0.29) is 0 Å². The average molecular weight is 256 g/mol. The summed E-state index contributed by atoms with van der Waals surface area (Å²) >= 11 is 0. The van der Waals surface area contributed by atoms with Crippen molar-refractivity contribution in [1.82, 2.24) is 0 Å². The van der Waals surface area contributed by atoms with Crippen molar-refractivity contribution < 1.29 is 0 Å². The van der Waals surface area contributed by atoms with Crippen LogP contribution in [-0.2, 0) is 5.41 Å². The Bertz CT molecular complexity index is 419. The van der Waals surface area contributed by atoms with Crippen LogP contribution in [0.25, 0.3) is 0 Å². The van der Waals surface area contributed by atoms with Crippen molar-refractivity contribution in [3.63, 3.8) is 0 Å². The molecule has 104 valence electrons. The van der Waals surface area contributed by atoms with E-state index in [4.69, 9.17) is 0 Å². The Morgan fingerprint density at radius 3 is 2.21 bits per heavy atom. The van der Waals surface area contributed by atoms with Crippen LogP contribution < -0.4 is 0 Å². The molecule has 2 saturated carbocycles. The Morgan fingerprint density at radius 1 is 0.842 bits per heavy atom. The van der Waals surface area contributed by atoms with Gasteiger partial charge in [-0.05, 0) is 54.4 Å². The van der Waals surface area contributed by atoms with Crippen LogP contribution in [0.4, 0.5) is 0 Å². The Labute approximate surface area is 118 Å². The molecular weight excluding hydrogens is 228 g/mol. The Kier molecular flexibility index (Phi) is 3.45. The first-order valence-electron chi connectivity index (χ1n) is 8.23. The Morgan fingerprint density at radius 2 is 1.47 bits per heavy atom. The quantitative estimate of drug-likeness (QED) is 0.635. The van der Waals surface area contributed by atoms with Gasteiger partial charge in [0.1, 0.15) is 0 Å². The van der Waals surface area contributed by atoms with Gasteiger partial charge in [0.15, 0.2) is 0 Å². The van der Waals surface area contributed by atoms with Crippen molar-refractivity contribution >= 4 is 0 Å². The van der Waals surface area contributed by atoms with Crippen molar-refractivity contribution in [2.24, 2.45) is 11.3 Å². The summed E-state index contributed by atoms with van der Waals surface area (Å²) in [5.41, 5.74) is 2.76. The number of fused-ring (bicyclic) bond motifs is 2. The lowest BCUT2D eigenvalue weighted by molar-refractivity contribution is 0.0634. The van der Waals surface area contributed by atoms with Gasteiger partial charge in [0, 0.05) is 0 Å². The molecule has 2 fully saturated rings. The Balaban J connectivity index is 2.00. The van der Waals surface area contributed by atoms with Crippen LogP contribution in [0, 0.1) is 11.3 Å². The molecule has 2 aliphatic rings. The predicted molar refractivity (Wildman–Crippen MR) is 82.3 cm³/mol. The van der Waals surface area contributed by atoms with Gasteiger partial charge in [0.25, 0.3) is 0 Å². The second-order valence-corrected chi connectivity index (χ2v) is 7.40. The summed E-state index contributed by atoms with van der Waals surface area (Å²) < 4.78 is 0. The zero-order valence-electron chi connectivity index (χ0n) is 12.6. The van der Waals surface area contributed by atoms with Crippen molar-refractivity contribution in [3.05, 3.63) is 35.9 Å². The van der Waals surface area contributed by atoms with E-state index < -0.39 is 0 Å². The minimum atomic E-state index is 0.500. The van der Waals surface area contributed by atoms with Gasteiger partial charge >= 0.3 is 0 Å². The lowest BCUT2D eigenvalue weighted by atomic mass is 9.55. The van der Waals surface area contributed by atoms with Gasteiger partial charge in [-0.1, -0.05) is 63.4 Å². The highest BCUT2D eigenvalue weighted by Gasteiger charge is 2.47. The van der Waals surface area contributed by atoms with Crippen LogP contribution in [0.1, 0.15) is 70.8 Å². The molecule has 2 bridgehead atoms. The number of hydrogen-bond acceptors (Lipinski definition) is 0. The third kappa shape index (κ3) is 2.24. The lowest BCUT2D eigenvalue weighted by Gasteiger charge is -2.49. The molecule has 1 aromatic rings. The van der Waals surface area contributed by atoms with Crippen LogP contribution in [0.5, 0.6) is 0 Å². The third-order valence-corrected chi connectivity index (χ3v) is 6.21. The van der Waals surface area contributed by atoms with Crippen LogP contribution in [0.15, 0.2) is 30.3 Å². The maximum absolute atomic E-state index is 2.46. The van der Waals surface area contributed by atoms with Crippen molar-refractivity contribution in [1.29, 1.82) is 0 Å². The molecule has 0 spiro atoms. The summed E-state index contributed by atoms with van der Waals surface area (Å²) in [6.07, 6.45) is 11.6. The monoisotopic (exact) mass is 256 g/mol. The average Bonchev–Trinajstić information content (AvgIpc) is 2.58. The molecule has 0 N–H and O–H groups in total. The second kappa shape index (κ2) is 4.96. The SMILES string of the molecule is CC(C)C12CCCCC(c3ccccc3)(CCC1)C2. The van der Waals surface area contributed by atoms with Crippen LogP contribution in [-0.4, -0.2) is 0 Å². The maximum Gasteiger partial charge on any atom is -0.00416 e. The fourth-order valence-electron chi connectivity index (χ4n) is 4.96. The molecule has 0 aliphatic heterocycles. The summed E-state index contributed by atoms with van der Waals surface area (Å²) in [4.78, 5) is 0. The van der Waals surface area contributed by atoms with Crippen molar-refractivity contribution in [2.45, 2.75) is 70.6 Å². The molecule has 0 nitrogen and oxygen atoms in total. The molecule has 2 atom stereocenters. The molecular formula is C19H28. The first-order valence-corrected chi connectivity index (χ1v) is 8.23. The van der Waals surface area contributed by atoms with E-state index >= 15 is 0 Å². The first-order chi connectivity index (χ1) is 9.17. The van der Waals surface area contributed by atoms with Gasteiger partial charge in [-0.3, -0.25) is 0 Å². The van der Waals surface area contributed by atoms with Gasteiger partial charge in [-0.25, -0.2) is 0 Å². The largest absolute Gasteiger partial charge is 0.0622 e. The van der Waals surface area contributed by atoms with E-state index in [0.29, 0.717) is 10.8 Å². The first kappa shape index (κ1) is 13.2. The second-order valence-electron chi connectivity index (χ2n) is 7.40. The van der Waals surface area contributed by atoms with Gasteiger partial charge in [0.2, 0.25) is 0 Å². The molecule has 19 heavy (non-hydrogen) atoms. The van der Waals surface area contributed by atoms with Gasteiger partial charge in [-0.2, -0.15) is 0 Å². The molecule has 3 rings (SSSR count). The summed E-state index contributed by atoms with van der Waals surface area (Å²) in [6.45, 7) is 4.93. The van der Waals surface area contributed by atoms with Gasteiger partial charge < -0.3 is 0 Å². The molecule has 2 aliphatic carbocycles. The topological polar surface area (TPSA) is 0 Å². The highest BCUT2D eigenvalue weighted by molar-refractivity contribution is 5.27. The molecule has 0 saturated heterocycles. The fraction of sp³-hybridized carbons (Fsp3) is 0.684. The molecule has 2 unspecified atom stereocenters. The van der Waals surface area contributed by atoms with Gasteiger partial charge in [0.05, 0.1) is 0 Å². The molecule has 0 radical (unpaired) electrons. The summed E-state index contributed by atoms with van der Waals surface area (Å²) in [5, 5.41) is 0. The number of hydrogen-bond donors (Lipinski definition) is 0. The van der Waals surface area contributed by atoms with Crippen LogP contribution in [0.2, 0.25) is 0 Å². The molecule has 0 amide bonds. The summed E-state index contributed by atoms with van der Waals surface area (Å²) in [6, 6.07) is 11.4. The van der Waals surface area contributed by atoms with E-state index in [2.05, 4.69) is 44.2 Å². The van der Waals surface area contributed by atoms with Gasteiger partial charge in [-0.15, -0.1) is 0 Å². The van der Waals surface area contributed by atoms with E-state index in [9.17, 15) is 0 Å². The molecule has 0 aromatic heterocycles. The number of rotatable bonds is 2. The van der Waals surface area contributed by atoms with E-state index in [1.54, 1.807) is 5.56 Å². The van der Waals surface area contributed by atoms with E-state index in [0.717, 1.165) is 5.92 Å². The summed E-state index contributed by atoms with van der Waals surface area (Å²) in [7, 11) is 0. The standard InChI is InChI=1S/C19H28/c1-16(2)18-11-6-7-12-19(15-18,14-8-13-18)17-9-4-3-5-10-17/h3-5,9-10,16H,6-8,11-15H2,1-2H3. The lowest BCUT2D eigenvalue weighted by Crippen LogP contribution is -2.40. The fourth-order valence-corrected chi connectivity index (χ4v) is 4.96. The highest BCUT2D eigenvalue weighted by atomic mass is 14.5. The predicted octanol–water partition coefficient (Wildman–Crippen LogP) is 5.71. The molecule has 1 aromatic carbocycles. The third-order valence-electron chi connectivity index (χ3n) is 6.21. The molecule has 0 heterocycles. The van der Waals surface area contributed by atoms with E-state index in [1.807, 2.05) is 0 Å². The number of benzene rings is 1. The molecule has 0 heteroatoms. The van der Waals surface area contributed by atoms with Crippen molar-refractivity contribution in [3.8, 4) is 0 Å². The minimum Gasteiger partial charge on any atom is -0.0622 e. The maximum atomic E-state index is 2.46. The Hall–Kier alpha value is -0.780. The minimum absolute atomic E-state index is 0.500. The summed E-state index contributed by atoms with van der Waals surface area (Å²) in [5.74, 6) is 0.842. The van der Waals surface area contributed by atoms with Crippen LogP contribution >= 0.6 is 0 Å². The zero-order chi connectivity index (χ0) is 13.3. The van der Waals surface area contributed by atoms with Crippen LogP contribution in [0.3, 0.4) is 0 Å². The normalized spacial score (nSPS) is 35.1.